The molecule has 0 radical (unpaired) electrons. The predicted octanol–water partition coefficient (Wildman–Crippen LogP) is 3.91. The van der Waals surface area contributed by atoms with Crippen LogP contribution in [0.25, 0.3) is 10.8 Å². The highest BCUT2D eigenvalue weighted by molar-refractivity contribution is 5.87. The summed E-state index contributed by atoms with van der Waals surface area (Å²) in [6, 6.07) is 10.4. The molecule has 1 aromatic carbocycles. The Morgan fingerprint density at radius 3 is 2.65 bits per heavy atom. The lowest BCUT2D eigenvalue weighted by atomic mass is 10.1. The number of fused-ring (bicyclic) bond motifs is 1. The number of nitrogens with one attached hydrogen (secondary N) is 1. The van der Waals surface area contributed by atoms with Crippen molar-refractivity contribution in [2.24, 2.45) is 0 Å². The van der Waals surface area contributed by atoms with Gasteiger partial charge in [0.1, 0.15) is 0 Å². The van der Waals surface area contributed by atoms with Gasteiger partial charge in [0.2, 0.25) is 5.88 Å². The van der Waals surface area contributed by atoms with Crippen LogP contribution < -0.4 is 10.1 Å². The van der Waals surface area contributed by atoms with Gasteiger partial charge >= 0.3 is 0 Å². The predicted molar refractivity (Wildman–Crippen MR) is 84.1 cm³/mol. The van der Waals surface area contributed by atoms with Crippen molar-refractivity contribution >= 4 is 10.8 Å². The molecule has 0 spiro atoms. The number of aromatic nitrogens is 1. The first-order valence-electron chi connectivity index (χ1n) is 7.26. The lowest BCUT2D eigenvalue weighted by Gasteiger charge is -2.20. The summed E-state index contributed by atoms with van der Waals surface area (Å²) in [5.41, 5.74) is 1.10. The van der Waals surface area contributed by atoms with Crippen molar-refractivity contribution in [3.63, 3.8) is 0 Å². The Morgan fingerprint density at radius 2 is 1.95 bits per heavy atom. The average Bonchev–Trinajstić information content (AvgIpc) is 2.41. The molecule has 0 amide bonds. The van der Waals surface area contributed by atoms with E-state index in [1.807, 2.05) is 12.1 Å². The Labute approximate surface area is 121 Å². The van der Waals surface area contributed by atoms with Gasteiger partial charge in [0.25, 0.3) is 0 Å². The number of ether oxygens (including phenoxy) is 1. The molecule has 0 saturated heterocycles. The SMILES string of the molecule is CCCOc1nc(CNC(C)(C)C)cc2ccccc12. The van der Waals surface area contributed by atoms with E-state index in [4.69, 9.17) is 4.74 Å². The Balaban J connectivity index is 2.31. The van der Waals surface area contributed by atoms with E-state index in [1.54, 1.807) is 0 Å². The highest BCUT2D eigenvalue weighted by Gasteiger charge is 2.11. The standard InChI is InChI=1S/C17H24N2O/c1-5-10-20-16-15-9-7-6-8-13(15)11-14(19-16)12-18-17(2,3)4/h6-9,11,18H,5,10,12H2,1-4H3. The first kappa shape index (κ1) is 14.8. The quantitative estimate of drug-likeness (QED) is 0.896. The maximum absolute atomic E-state index is 5.80. The van der Waals surface area contributed by atoms with Crippen molar-refractivity contribution in [1.29, 1.82) is 0 Å². The van der Waals surface area contributed by atoms with Crippen LogP contribution in [0.15, 0.2) is 30.3 Å². The summed E-state index contributed by atoms with van der Waals surface area (Å²) in [6.45, 7) is 10.0. The third-order valence-corrected chi connectivity index (χ3v) is 3.00. The first-order chi connectivity index (χ1) is 9.49. The van der Waals surface area contributed by atoms with Crippen LogP contribution in [0.4, 0.5) is 0 Å². The highest BCUT2D eigenvalue weighted by atomic mass is 16.5. The molecule has 0 bridgehead atoms. The molecule has 2 aromatic rings. The van der Waals surface area contributed by atoms with Crippen LogP contribution in [0, 0.1) is 0 Å². The van der Waals surface area contributed by atoms with Gasteiger partial charge in [0.05, 0.1) is 12.3 Å². The van der Waals surface area contributed by atoms with E-state index in [0.29, 0.717) is 6.61 Å². The van der Waals surface area contributed by atoms with E-state index in [9.17, 15) is 0 Å². The number of benzene rings is 1. The summed E-state index contributed by atoms with van der Waals surface area (Å²) in [6.07, 6.45) is 0.987. The number of nitrogens with zero attached hydrogens (tertiary/aromatic N) is 1. The van der Waals surface area contributed by atoms with Gasteiger partial charge in [0.15, 0.2) is 0 Å². The summed E-state index contributed by atoms with van der Waals surface area (Å²) < 4.78 is 5.80. The van der Waals surface area contributed by atoms with E-state index in [-0.39, 0.29) is 5.54 Å². The molecular weight excluding hydrogens is 248 g/mol. The van der Waals surface area contributed by atoms with Gasteiger partial charge in [-0.25, -0.2) is 4.98 Å². The number of pyridine rings is 1. The third kappa shape index (κ3) is 3.94. The summed E-state index contributed by atoms with van der Waals surface area (Å²) in [7, 11) is 0. The molecule has 0 fully saturated rings. The van der Waals surface area contributed by atoms with Gasteiger partial charge in [-0.1, -0.05) is 25.1 Å². The summed E-state index contributed by atoms with van der Waals surface area (Å²) in [4.78, 5) is 4.66. The molecule has 0 saturated carbocycles. The fourth-order valence-electron chi connectivity index (χ4n) is 1.98. The van der Waals surface area contributed by atoms with Crippen LogP contribution >= 0.6 is 0 Å². The average molecular weight is 272 g/mol. The molecule has 0 aliphatic heterocycles. The molecule has 0 unspecified atom stereocenters. The van der Waals surface area contributed by atoms with Gasteiger partial charge in [-0.3, -0.25) is 0 Å². The van der Waals surface area contributed by atoms with Gasteiger partial charge in [0, 0.05) is 17.5 Å². The minimum absolute atomic E-state index is 0.0811. The molecule has 1 aromatic heterocycles. The summed E-state index contributed by atoms with van der Waals surface area (Å²) in [5, 5.41) is 5.73. The molecule has 0 aliphatic rings. The number of hydrogen-bond acceptors (Lipinski definition) is 3. The molecule has 2 rings (SSSR count). The second kappa shape index (κ2) is 6.23. The Hall–Kier alpha value is -1.61. The fourth-order valence-corrected chi connectivity index (χ4v) is 1.98. The zero-order chi connectivity index (χ0) is 14.6. The zero-order valence-electron chi connectivity index (χ0n) is 12.9. The minimum atomic E-state index is 0.0811. The van der Waals surface area contributed by atoms with E-state index < -0.39 is 0 Å². The molecule has 0 aliphatic carbocycles. The lowest BCUT2D eigenvalue weighted by molar-refractivity contribution is 0.307. The Bertz CT molecular complexity index is 573. The van der Waals surface area contributed by atoms with Crippen LogP contribution in [-0.4, -0.2) is 17.1 Å². The van der Waals surface area contributed by atoms with Crippen molar-refractivity contribution < 1.29 is 4.74 Å². The van der Waals surface area contributed by atoms with E-state index in [1.165, 1.54) is 5.39 Å². The molecule has 20 heavy (non-hydrogen) atoms. The molecule has 1 heterocycles. The highest BCUT2D eigenvalue weighted by Crippen LogP contribution is 2.24. The Morgan fingerprint density at radius 1 is 1.20 bits per heavy atom. The van der Waals surface area contributed by atoms with Crippen LogP contribution in [0.3, 0.4) is 0 Å². The van der Waals surface area contributed by atoms with E-state index in [2.05, 4.69) is 56.2 Å². The van der Waals surface area contributed by atoms with Crippen molar-refractivity contribution in [3.05, 3.63) is 36.0 Å². The largest absolute Gasteiger partial charge is 0.477 e. The minimum Gasteiger partial charge on any atom is -0.477 e. The summed E-state index contributed by atoms with van der Waals surface area (Å²) in [5.74, 6) is 0.746. The monoisotopic (exact) mass is 272 g/mol. The molecule has 1 N–H and O–H groups in total. The zero-order valence-corrected chi connectivity index (χ0v) is 12.9. The number of rotatable bonds is 5. The second-order valence-electron chi connectivity index (χ2n) is 6.09. The summed E-state index contributed by atoms with van der Waals surface area (Å²) >= 11 is 0. The topological polar surface area (TPSA) is 34.1 Å². The van der Waals surface area contributed by atoms with Crippen molar-refractivity contribution in [2.75, 3.05) is 6.61 Å². The fraction of sp³-hybridized carbons (Fsp3) is 0.471. The first-order valence-corrected chi connectivity index (χ1v) is 7.26. The molecule has 3 heteroatoms. The van der Waals surface area contributed by atoms with Crippen LogP contribution in [0.5, 0.6) is 5.88 Å². The maximum Gasteiger partial charge on any atom is 0.221 e. The van der Waals surface area contributed by atoms with Crippen molar-refractivity contribution in [1.82, 2.24) is 10.3 Å². The molecule has 3 nitrogen and oxygen atoms in total. The molecular formula is C17H24N2O. The van der Waals surface area contributed by atoms with Gasteiger partial charge < -0.3 is 10.1 Å². The second-order valence-corrected chi connectivity index (χ2v) is 6.09. The van der Waals surface area contributed by atoms with Crippen LogP contribution in [-0.2, 0) is 6.54 Å². The third-order valence-electron chi connectivity index (χ3n) is 3.00. The lowest BCUT2D eigenvalue weighted by Crippen LogP contribution is -2.35. The van der Waals surface area contributed by atoms with Crippen molar-refractivity contribution in [2.45, 2.75) is 46.2 Å². The van der Waals surface area contributed by atoms with E-state index in [0.717, 1.165) is 29.9 Å². The maximum atomic E-state index is 5.80. The van der Waals surface area contributed by atoms with Crippen LogP contribution in [0.2, 0.25) is 0 Å². The van der Waals surface area contributed by atoms with Crippen LogP contribution in [0.1, 0.15) is 39.8 Å². The normalized spacial score (nSPS) is 11.8. The van der Waals surface area contributed by atoms with Gasteiger partial charge in [-0.05, 0) is 44.7 Å². The molecule has 0 atom stereocenters. The Kier molecular flexibility index (Phi) is 4.61. The smallest absolute Gasteiger partial charge is 0.221 e. The van der Waals surface area contributed by atoms with Gasteiger partial charge in [-0.2, -0.15) is 0 Å². The van der Waals surface area contributed by atoms with E-state index >= 15 is 0 Å². The molecule has 108 valence electrons. The van der Waals surface area contributed by atoms with Gasteiger partial charge in [-0.15, -0.1) is 0 Å². The van der Waals surface area contributed by atoms with Crippen molar-refractivity contribution in [3.8, 4) is 5.88 Å². The number of hydrogen-bond donors (Lipinski definition) is 1.